The summed E-state index contributed by atoms with van der Waals surface area (Å²) in [4.78, 5) is 27.2. The van der Waals surface area contributed by atoms with Gasteiger partial charge in [0.2, 0.25) is 15.9 Å². The summed E-state index contributed by atoms with van der Waals surface area (Å²) in [6, 6.07) is 17.2. The van der Waals surface area contributed by atoms with E-state index >= 15 is 0 Å². The number of carbonyl (C=O) groups excluding carboxylic acids is 2. The third-order valence-corrected chi connectivity index (χ3v) is 5.98. The molecule has 148 valence electrons. The van der Waals surface area contributed by atoms with E-state index in [1.807, 2.05) is 36.4 Å². The molecule has 0 aliphatic carbocycles. The lowest BCUT2D eigenvalue weighted by molar-refractivity contribution is -0.127. The zero-order valence-electron chi connectivity index (χ0n) is 15.6. The number of hydrogen-bond donors (Lipinski definition) is 1. The van der Waals surface area contributed by atoms with Crippen LogP contribution < -0.4 is 5.32 Å². The molecule has 0 radical (unpaired) electrons. The first-order valence-corrected chi connectivity index (χ1v) is 10.8. The monoisotopic (exact) mass is 401 g/mol. The Kier molecular flexibility index (Phi) is 6.11. The predicted molar refractivity (Wildman–Crippen MR) is 106 cm³/mol. The Labute approximate surface area is 165 Å². The maximum absolute atomic E-state index is 12.9. The van der Waals surface area contributed by atoms with Crippen molar-refractivity contribution in [3.63, 3.8) is 0 Å². The van der Waals surface area contributed by atoms with E-state index < -0.39 is 16.1 Å². The Balaban J connectivity index is 1.79. The van der Waals surface area contributed by atoms with Gasteiger partial charge in [-0.05, 0) is 17.7 Å². The van der Waals surface area contributed by atoms with Crippen molar-refractivity contribution in [2.24, 2.45) is 0 Å². The number of nitrogens with one attached hydrogen (secondary N) is 1. The highest BCUT2D eigenvalue weighted by Crippen LogP contribution is 2.17. The first-order valence-electron chi connectivity index (χ1n) is 8.99. The fourth-order valence-electron chi connectivity index (χ4n) is 3.18. The number of carbonyl (C=O) groups is 2. The molecule has 1 atom stereocenters. The Hall–Kier alpha value is -2.71. The fourth-order valence-corrected chi connectivity index (χ4v) is 4.00. The topological polar surface area (TPSA) is 86.8 Å². The summed E-state index contributed by atoms with van der Waals surface area (Å²) < 4.78 is 25.2. The molecule has 2 amide bonds. The third kappa shape index (κ3) is 4.76. The molecule has 0 aromatic heterocycles. The standard InChI is InChI=1S/C20H23N3O4S/c1-28(26,27)22-12-13-23(20(25)17-10-6-3-7-11-17)18(15-22)19(24)21-14-16-8-4-2-5-9-16/h2-11,18H,12-15H2,1H3,(H,21,24). The van der Waals surface area contributed by atoms with Gasteiger partial charge in [-0.1, -0.05) is 48.5 Å². The van der Waals surface area contributed by atoms with Crippen LogP contribution in [0.5, 0.6) is 0 Å². The summed E-state index contributed by atoms with van der Waals surface area (Å²) in [5.74, 6) is -0.657. The number of rotatable bonds is 5. The maximum Gasteiger partial charge on any atom is 0.254 e. The number of nitrogens with zero attached hydrogens (tertiary/aromatic N) is 2. The van der Waals surface area contributed by atoms with Crippen LogP contribution in [-0.2, 0) is 21.4 Å². The van der Waals surface area contributed by atoms with Crippen molar-refractivity contribution < 1.29 is 18.0 Å². The molecule has 2 aromatic carbocycles. The van der Waals surface area contributed by atoms with Crippen LogP contribution in [0, 0.1) is 0 Å². The normalized spacial score (nSPS) is 17.9. The van der Waals surface area contributed by atoms with Crippen LogP contribution in [-0.4, -0.2) is 61.4 Å². The number of hydrogen-bond acceptors (Lipinski definition) is 4. The number of benzene rings is 2. The van der Waals surface area contributed by atoms with Crippen LogP contribution in [0.25, 0.3) is 0 Å². The lowest BCUT2D eigenvalue weighted by Crippen LogP contribution is -2.61. The Morgan fingerprint density at radius 3 is 2.21 bits per heavy atom. The van der Waals surface area contributed by atoms with Crippen LogP contribution in [0.4, 0.5) is 0 Å². The summed E-state index contributed by atoms with van der Waals surface area (Å²) >= 11 is 0. The van der Waals surface area contributed by atoms with E-state index in [0.29, 0.717) is 12.1 Å². The molecule has 8 heteroatoms. The minimum Gasteiger partial charge on any atom is -0.350 e. The second-order valence-electron chi connectivity index (χ2n) is 6.70. The summed E-state index contributed by atoms with van der Waals surface area (Å²) in [5.41, 5.74) is 1.39. The van der Waals surface area contributed by atoms with Crippen molar-refractivity contribution in [3.05, 3.63) is 71.8 Å². The fraction of sp³-hybridized carbons (Fsp3) is 0.300. The molecule has 0 spiro atoms. The van der Waals surface area contributed by atoms with Crippen LogP contribution in [0.15, 0.2) is 60.7 Å². The maximum atomic E-state index is 12.9. The quantitative estimate of drug-likeness (QED) is 0.813. The van der Waals surface area contributed by atoms with Crippen LogP contribution in [0.2, 0.25) is 0 Å². The summed E-state index contributed by atoms with van der Waals surface area (Å²) in [6.45, 7) is 0.574. The first-order chi connectivity index (χ1) is 13.4. The summed E-state index contributed by atoms with van der Waals surface area (Å²) in [7, 11) is -3.46. The van der Waals surface area contributed by atoms with E-state index in [-0.39, 0.29) is 31.4 Å². The molecule has 1 aliphatic rings. The molecule has 1 aliphatic heterocycles. The van der Waals surface area contributed by atoms with E-state index in [0.717, 1.165) is 11.8 Å². The second kappa shape index (κ2) is 8.53. The highest BCUT2D eigenvalue weighted by atomic mass is 32.2. The summed E-state index contributed by atoms with van der Waals surface area (Å²) in [6.07, 6.45) is 1.11. The second-order valence-corrected chi connectivity index (χ2v) is 8.69. The lowest BCUT2D eigenvalue weighted by atomic mass is 10.1. The van der Waals surface area contributed by atoms with E-state index in [4.69, 9.17) is 0 Å². The Morgan fingerprint density at radius 1 is 1.00 bits per heavy atom. The van der Waals surface area contributed by atoms with Gasteiger partial charge < -0.3 is 10.2 Å². The van der Waals surface area contributed by atoms with Gasteiger partial charge in [-0.3, -0.25) is 9.59 Å². The average molecular weight is 401 g/mol. The Bertz CT molecular complexity index is 932. The van der Waals surface area contributed by atoms with Gasteiger partial charge in [0.25, 0.3) is 5.91 Å². The number of amides is 2. The molecule has 28 heavy (non-hydrogen) atoms. The van der Waals surface area contributed by atoms with Gasteiger partial charge in [-0.25, -0.2) is 8.42 Å². The predicted octanol–water partition coefficient (Wildman–Crippen LogP) is 1.09. The minimum absolute atomic E-state index is 0.0575. The molecule has 1 N–H and O–H groups in total. The van der Waals surface area contributed by atoms with Crippen molar-refractivity contribution in [2.75, 3.05) is 25.9 Å². The van der Waals surface area contributed by atoms with E-state index in [2.05, 4.69) is 5.32 Å². The van der Waals surface area contributed by atoms with Gasteiger partial charge in [0.1, 0.15) is 6.04 Å². The van der Waals surface area contributed by atoms with Crippen molar-refractivity contribution in [3.8, 4) is 0 Å². The average Bonchev–Trinajstić information content (AvgIpc) is 2.72. The van der Waals surface area contributed by atoms with Gasteiger partial charge in [0.05, 0.1) is 6.26 Å². The van der Waals surface area contributed by atoms with Crippen LogP contribution >= 0.6 is 0 Å². The van der Waals surface area contributed by atoms with E-state index in [1.165, 1.54) is 9.21 Å². The highest BCUT2D eigenvalue weighted by molar-refractivity contribution is 7.88. The lowest BCUT2D eigenvalue weighted by Gasteiger charge is -2.39. The van der Waals surface area contributed by atoms with Crippen molar-refractivity contribution >= 4 is 21.8 Å². The van der Waals surface area contributed by atoms with Crippen molar-refractivity contribution in [2.45, 2.75) is 12.6 Å². The molecule has 3 rings (SSSR count). The van der Waals surface area contributed by atoms with Crippen LogP contribution in [0.1, 0.15) is 15.9 Å². The zero-order chi connectivity index (χ0) is 20.1. The van der Waals surface area contributed by atoms with E-state index in [1.54, 1.807) is 24.3 Å². The largest absolute Gasteiger partial charge is 0.350 e. The van der Waals surface area contributed by atoms with Crippen molar-refractivity contribution in [1.29, 1.82) is 0 Å². The molecule has 2 aromatic rings. The molecule has 1 heterocycles. The third-order valence-electron chi connectivity index (χ3n) is 4.71. The van der Waals surface area contributed by atoms with Gasteiger partial charge in [0, 0.05) is 31.7 Å². The van der Waals surface area contributed by atoms with Gasteiger partial charge in [-0.15, -0.1) is 0 Å². The smallest absolute Gasteiger partial charge is 0.254 e. The molecular weight excluding hydrogens is 378 g/mol. The molecule has 0 saturated carbocycles. The molecular formula is C20H23N3O4S. The number of sulfonamides is 1. The zero-order valence-corrected chi connectivity index (χ0v) is 16.4. The highest BCUT2D eigenvalue weighted by Gasteiger charge is 2.38. The van der Waals surface area contributed by atoms with Gasteiger partial charge in [-0.2, -0.15) is 4.31 Å². The minimum atomic E-state index is -3.46. The van der Waals surface area contributed by atoms with Gasteiger partial charge in [0.15, 0.2) is 0 Å². The summed E-state index contributed by atoms with van der Waals surface area (Å²) in [5, 5.41) is 2.82. The van der Waals surface area contributed by atoms with Crippen LogP contribution in [0.3, 0.4) is 0 Å². The molecule has 0 bridgehead atoms. The van der Waals surface area contributed by atoms with Crippen molar-refractivity contribution in [1.82, 2.24) is 14.5 Å². The van der Waals surface area contributed by atoms with Gasteiger partial charge >= 0.3 is 0 Å². The number of piperazine rings is 1. The Morgan fingerprint density at radius 2 is 1.61 bits per heavy atom. The first kappa shape index (κ1) is 20.0. The van der Waals surface area contributed by atoms with E-state index in [9.17, 15) is 18.0 Å². The molecule has 1 saturated heterocycles. The SMILES string of the molecule is CS(=O)(=O)N1CCN(C(=O)c2ccccc2)C(C(=O)NCc2ccccc2)C1. The molecule has 1 unspecified atom stereocenters. The molecule has 1 fully saturated rings. The molecule has 7 nitrogen and oxygen atoms in total.